The van der Waals surface area contributed by atoms with Crippen LogP contribution < -0.4 is 5.32 Å². The molecule has 1 aromatic rings. The largest absolute Gasteiger partial charge is 0.336 e. The Hall–Kier alpha value is -1.49. The number of carbonyl (C=O) groups excluding carboxylic acids is 1. The van der Waals surface area contributed by atoms with E-state index in [2.05, 4.69) is 22.2 Å². The first-order chi connectivity index (χ1) is 8.33. The molecule has 1 N–H and O–H groups in total. The maximum atomic E-state index is 12.3. The van der Waals surface area contributed by atoms with Gasteiger partial charge in [-0.05, 0) is 6.42 Å². The third-order valence-electron chi connectivity index (χ3n) is 2.92. The van der Waals surface area contributed by atoms with Crippen LogP contribution in [-0.2, 0) is 6.42 Å². The van der Waals surface area contributed by atoms with E-state index in [9.17, 15) is 4.79 Å². The summed E-state index contributed by atoms with van der Waals surface area (Å²) >= 11 is 0. The number of rotatable bonds is 3. The number of piperazine rings is 1. The van der Waals surface area contributed by atoms with Crippen molar-refractivity contribution >= 4 is 5.91 Å². The lowest BCUT2D eigenvalue weighted by atomic mass is 10.1. The van der Waals surface area contributed by atoms with Crippen LogP contribution in [-0.4, -0.2) is 47.0 Å². The molecule has 1 aliphatic heterocycles. The van der Waals surface area contributed by atoms with Gasteiger partial charge in [0.25, 0.3) is 5.91 Å². The van der Waals surface area contributed by atoms with Gasteiger partial charge in [0, 0.05) is 32.4 Å². The first-order valence-corrected chi connectivity index (χ1v) is 6.11. The zero-order chi connectivity index (χ0) is 12.1. The van der Waals surface area contributed by atoms with E-state index in [1.165, 1.54) is 6.33 Å². The molecular weight excluding hydrogens is 216 g/mol. The van der Waals surface area contributed by atoms with E-state index >= 15 is 0 Å². The number of nitrogens with zero attached hydrogens (tertiary/aromatic N) is 3. The molecule has 17 heavy (non-hydrogen) atoms. The summed E-state index contributed by atoms with van der Waals surface area (Å²) in [6.45, 7) is 5.34. The van der Waals surface area contributed by atoms with Crippen LogP contribution in [0.25, 0.3) is 0 Å². The second-order valence-electron chi connectivity index (χ2n) is 4.18. The van der Waals surface area contributed by atoms with Crippen LogP contribution in [0.4, 0.5) is 0 Å². The van der Waals surface area contributed by atoms with Crippen molar-refractivity contribution in [3.05, 3.63) is 23.8 Å². The van der Waals surface area contributed by atoms with Crippen LogP contribution in [0.15, 0.2) is 12.5 Å². The Balaban J connectivity index is 2.17. The van der Waals surface area contributed by atoms with Crippen molar-refractivity contribution in [2.75, 3.05) is 26.2 Å². The lowest BCUT2D eigenvalue weighted by Crippen LogP contribution is -2.46. The smallest absolute Gasteiger partial charge is 0.257 e. The van der Waals surface area contributed by atoms with Gasteiger partial charge in [-0.25, -0.2) is 9.97 Å². The highest BCUT2D eigenvalue weighted by Crippen LogP contribution is 2.10. The zero-order valence-corrected chi connectivity index (χ0v) is 10.1. The molecule has 0 spiro atoms. The molecule has 5 nitrogen and oxygen atoms in total. The van der Waals surface area contributed by atoms with Crippen molar-refractivity contribution in [1.29, 1.82) is 0 Å². The number of nitrogens with one attached hydrogen (secondary N) is 1. The van der Waals surface area contributed by atoms with Crippen LogP contribution in [0.1, 0.15) is 29.4 Å². The Kier molecular flexibility index (Phi) is 4.03. The number of hydrogen-bond donors (Lipinski definition) is 1. The van der Waals surface area contributed by atoms with Crippen molar-refractivity contribution in [1.82, 2.24) is 20.2 Å². The number of aromatic nitrogens is 2. The fraction of sp³-hybridized carbons (Fsp3) is 0.583. The molecule has 0 atom stereocenters. The van der Waals surface area contributed by atoms with Gasteiger partial charge < -0.3 is 10.2 Å². The minimum atomic E-state index is 0.0653. The first kappa shape index (κ1) is 12.0. The Morgan fingerprint density at radius 3 is 2.94 bits per heavy atom. The highest BCUT2D eigenvalue weighted by Gasteiger charge is 2.20. The van der Waals surface area contributed by atoms with Crippen LogP contribution in [0.3, 0.4) is 0 Å². The molecule has 0 bridgehead atoms. The Bertz CT molecular complexity index is 388. The van der Waals surface area contributed by atoms with E-state index in [1.54, 1.807) is 6.20 Å². The average Bonchev–Trinajstić information content (AvgIpc) is 2.40. The second-order valence-corrected chi connectivity index (χ2v) is 4.18. The van der Waals surface area contributed by atoms with Gasteiger partial charge >= 0.3 is 0 Å². The summed E-state index contributed by atoms with van der Waals surface area (Å²) in [6, 6.07) is 0. The molecule has 2 rings (SSSR count). The zero-order valence-electron chi connectivity index (χ0n) is 10.1. The summed E-state index contributed by atoms with van der Waals surface area (Å²) in [7, 11) is 0. The topological polar surface area (TPSA) is 58.1 Å². The number of hydrogen-bond acceptors (Lipinski definition) is 4. The van der Waals surface area contributed by atoms with E-state index in [0.717, 1.165) is 44.7 Å². The van der Waals surface area contributed by atoms with E-state index < -0.39 is 0 Å². The van der Waals surface area contributed by atoms with E-state index in [4.69, 9.17) is 0 Å². The summed E-state index contributed by atoms with van der Waals surface area (Å²) in [5.41, 5.74) is 1.53. The third-order valence-corrected chi connectivity index (χ3v) is 2.92. The molecule has 92 valence electrons. The average molecular weight is 234 g/mol. The lowest BCUT2D eigenvalue weighted by molar-refractivity contribution is 0.0733. The molecule has 2 heterocycles. The number of aryl methyl sites for hydroxylation is 1. The fourth-order valence-electron chi connectivity index (χ4n) is 2.01. The molecule has 1 saturated heterocycles. The van der Waals surface area contributed by atoms with E-state index in [-0.39, 0.29) is 5.91 Å². The van der Waals surface area contributed by atoms with Gasteiger partial charge in [-0.2, -0.15) is 0 Å². The fourth-order valence-corrected chi connectivity index (χ4v) is 2.01. The summed E-state index contributed by atoms with van der Waals surface area (Å²) < 4.78 is 0. The molecule has 1 amide bonds. The molecule has 0 aliphatic carbocycles. The van der Waals surface area contributed by atoms with Crippen LogP contribution in [0.2, 0.25) is 0 Å². The van der Waals surface area contributed by atoms with E-state index in [1.807, 2.05) is 4.90 Å². The predicted octanol–water partition coefficient (Wildman–Crippen LogP) is 0.474. The summed E-state index contributed by atoms with van der Waals surface area (Å²) in [5, 5.41) is 3.24. The van der Waals surface area contributed by atoms with Gasteiger partial charge in [0.2, 0.25) is 0 Å². The van der Waals surface area contributed by atoms with Crippen LogP contribution >= 0.6 is 0 Å². The summed E-state index contributed by atoms with van der Waals surface area (Å²) in [6.07, 6.45) is 4.97. The molecule has 0 radical (unpaired) electrons. The van der Waals surface area contributed by atoms with Crippen molar-refractivity contribution in [2.45, 2.75) is 19.8 Å². The molecule has 1 aliphatic rings. The molecule has 1 aromatic heterocycles. The summed E-state index contributed by atoms with van der Waals surface area (Å²) in [5.74, 6) is 0.0653. The maximum absolute atomic E-state index is 12.3. The molecule has 0 unspecified atom stereocenters. The second kappa shape index (κ2) is 5.72. The minimum absolute atomic E-state index is 0.0653. The quantitative estimate of drug-likeness (QED) is 0.826. The highest BCUT2D eigenvalue weighted by molar-refractivity contribution is 5.95. The molecule has 0 saturated carbocycles. The predicted molar refractivity (Wildman–Crippen MR) is 64.8 cm³/mol. The maximum Gasteiger partial charge on any atom is 0.257 e. The van der Waals surface area contributed by atoms with Gasteiger partial charge in [-0.3, -0.25) is 4.79 Å². The molecule has 0 aromatic carbocycles. The Morgan fingerprint density at radius 2 is 2.24 bits per heavy atom. The SMILES string of the molecule is CCCc1ncncc1C(=O)N1CCNCC1. The van der Waals surface area contributed by atoms with Crippen molar-refractivity contribution in [3.63, 3.8) is 0 Å². The molecule has 5 heteroatoms. The Labute approximate surface area is 101 Å². The standard InChI is InChI=1S/C12H18N4O/c1-2-3-11-10(8-14-9-15-11)12(17)16-6-4-13-5-7-16/h8-9,13H,2-7H2,1H3. The van der Waals surface area contributed by atoms with Gasteiger partial charge in [-0.15, -0.1) is 0 Å². The highest BCUT2D eigenvalue weighted by atomic mass is 16.2. The summed E-state index contributed by atoms with van der Waals surface area (Å²) in [4.78, 5) is 22.4. The van der Waals surface area contributed by atoms with Gasteiger partial charge in [0.15, 0.2) is 0 Å². The van der Waals surface area contributed by atoms with Crippen molar-refractivity contribution in [2.24, 2.45) is 0 Å². The lowest BCUT2D eigenvalue weighted by Gasteiger charge is -2.27. The number of amides is 1. The Morgan fingerprint density at radius 1 is 1.47 bits per heavy atom. The van der Waals surface area contributed by atoms with Gasteiger partial charge in [-0.1, -0.05) is 13.3 Å². The van der Waals surface area contributed by atoms with Gasteiger partial charge in [0.05, 0.1) is 11.3 Å². The van der Waals surface area contributed by atoms with Crippen molar-refractivity contribution in [3.8, 4) is 0 Å². The monoisotopic (exact) mass is 234 g/mol. The minimum Gasteiger partial charge on any atom is -0.336 e. The first-order valence-electron chi connectivity index (χ1n) is 6.11. The van der Waals surface area contributed by atoms with Crippen LogP contribution in [0, 0.1) is 0 Å². The normalized spacial score (nSPS) is 15.9. The van der Waals surface area contributed by atoms with E-state index in [0.29, 0.717) is 5.56 Å². The van der Waals surface area contributed by atoms with Crippen LogP contribution in [0.5, 0.6) is 0 Å². The number of carbonyl (C=O) groups is 1. The third kappa shape index (κ3) is 2.79. The molecular formula is C12H18N4O. The molecule has 1 fully saturated rings. The van der Waals surface area contributed by atoms with Crippen molar-refractivity contribution < 1.29 is 4.79 Å². The van der Waals surface area contributed by atoms with Gasteiger partial charge in [0.1, 0.15) is 6.33 Å².